The Morgan fingerprint density at radius 2 is 1.92 bits per heavy atom. The number of carbonyl (C=O) groups is 1. The van der Waals surface area contributed by atoms with Crippen LogP contribution in [0.15, 0.2) is 42.6 Å². The molecule has 1 radical (unpaired) electrons. The van der Waals surface area contributed by atoms with Gasteiger partial charge in [0.25, 0.3) is 0 Å². The van der Waals surface area contributed by atoms with Crippen molar-refractivity contribution in [3.05, 3.63) is 66.3 Å². The van der Waals surface area contributed by atoms with Crippen LogP contribution in [0.3, 0.4) is 0 Å². The Labute approximate surface area is 144 Å². The largest absolute Gasteiger partial charge is 0.367 e. The SMILES string of the molecule is [CH2]c1cccc(CCc2ccc(N3CCN(C(C)=O)CC3)cn2)c1. The molecule has 0 spiro atoms. The zero-order chi connectivity index (χ0) is 16.9. The van der Waals surface area contributed by atoms with Crippen molar-refractivity contribution >= 4 is 11.6 Å². The molecule has 1 aromatic heterocycles. The number of piperazine rings is 1. The van der Waals surface area contributed by atoms with Gasteiger partial charge in [0, 0.05) is 38.8 Å². The fraction of sp³-hybridized carbons (Fsp3) is 0.350. The van der Waals surface area contributed by atoms with Gasteiger partial charge >= 0.3 is 0 Å². The van der Waals surface area contributed by atoms with Gasteiger partial charge in [-0.15, -0.1) is 0 Å². The summed E-state index contributed by atoms with van der Waals surface area (Å²) in [6.07, 6.45) is 3.87. The van der Waals surface area contributed by atoms with Crippen LogP contribution >= 0.6 is 0 Å². The second-order valence-electron chi connectivity index (χ2n) is 6.32. The van der Waals surface area contributed by atoms with E-state index in [-0.39, 0.29) is 5.91 Å². The first-order valence-corrected chi connectivity index (χ1v) is 8.48. The Bertz CT molecular complexity index is 688. The highest BCUT2D eigenvalue weighted by atomic mass is 16.2. The van der Waals surface area contributed by atoms with E-state index < -0.39 is 0 Å². The third kappa shape index (κ3) is 4.13. The van der Waals surface area contributed by atoms with E-state index in [1.54, 1.807) is 6.92 Å². The molecule has 0 bridgehead atoms. The van der Waals surface area contributed by atoms with E-state index in [1.165, 1.54) is 5.56 Å². The quantitative estimate of drug-likeness (QED) is 0.868. The van der Waals surface area contributed by atoms with Gasteiger partial charge in [-0.05, 0) is 43.0 Å². The Kier molecular flexibility index (Phi) is 5.14. The van der Waals surface area contributed by atoms with Crippen LogP contribution in [0.5, 0.6) is 0 Å². The average molecular weight is 322 g/mol. The molecule has 4 nitrogen and oxygen atoms in total. The zero-order valence-electron chi connectivity index (χ0n) is 14.2. The third-order valence-electron chi connectivity index (χ3n) is 4.56. The van der Waals surface area contributed by atoms with E-state index in [4.69, 9.17) is 0 Å². The van der Waals surface area contributed by atoms with E-state index in [0.29, 0.717) is 0 Å². The normalized spacial score (nSPS) is 14.8. The first-order valence-electron chi connectivity index (χ1n) is 8.48. The number of pyridine rings is 1. The highest BCUT2D eigenvalue weighted by molar-refractivity contribution is 5.73. The highest BCUT2D eigenvalue weighted by Crippen LogP contribution is 2.16. The number of hydrogen-bond acceptors (Lipinski definition) is 3. The topological polar surface area (TPSA) is 36.4 Å². The monoisotopic (exact) mass is 322 g/mol. The second kappa shape index (κ2) is 7.47. The van der Waals surface area contributed by atoms with Crippen molar-refractivity contribution in [2.45, 2.75) is 19.8 Å². The predicted molar refractivity (Wildman–Crippen MR) is 97.0 cm³/mol. The van der Waals surface area contributed by atoms with Gasteiger partial charge in [0.05, 0.1) is 11.9 Å². The molecule has 1 aliphatic heterocycles. The minimum Gasteiger partial charge on any atom is -0.367 e. The lowest BCUT2D eigenvalue weighted by atomic mass is 10.1. The third-order valence-corrected chi connectivity index (χ3v) is 4.56. The minimum absolute atomic E-state index is 0.162. The van der Waals surface area contributed by atoms with Crippen molar-refractivity contribution in [2.24, 2.45) is 0 Å². The summed E-state index contributed by atoms with van der Waals surface area (Å²) in [5.74, 6) is 0.162. The Morgan fingerprint density at radius 3 is 2.54 bits per heavy atom. The molecule has 1 saturated heterocycles. The van der Waals surface area contributed by atoms with E-state index in [0.717, 1.165) is 56.0 Å². The van der Waals surface area contributed by atoms with Crippen LogP contribution < -0.4 is 4.90 Å². The van der Waals surface area contributed by atoms with Crippen LogP contribution in [0.1, 0.15) is 23.7 Å². The van der Waals surface area contributed by atoms with Crippen LogP contribution in [0.2, 0.25) is 0 Å². The average Bonchev–Trinajstić information content (AvgIpc) is 2.61. The second-order valence-corrected chi connectivity index (χ2v) is 6.32. The Hall–Kier alpha value is -2.36. The smallest absolute Gasteiger partial charge is 0.219 e. The molecule has 24 heavy (non-hydrogen) atoms. The summed E-state index contributed by atoms with van der Waals surface area (Å²) in [7, 11) is 0. The molecule has 4 heteroatoms. The standard InChI is InChI=1S/C20H24N3O/c1-16-4-3-5-18(14-16)6-7-19-8-9-20(15-21-19)23-12-10-22(11-13-23)17(2)24/h3-5,8-9,14-15H,1,6-7,10-13H2,2H3. The van der Waals surface area contributed by atoms with Crippen molar-refractivity contribution in [3.8, 4) is 0 Å². The number of rotatable bonds is 4. The number of carbonyl (C=O) groups excluding carboxylic acids is 1. The highest BCUT2D eigenvalue weighted by Gasteiger charge is 2.18. The van der Waals surface area contributed by atoms with Gasteiger partial charge in [-0.3, -0.25) is 9.78 Å². The first kappa shape index (κ1) is 16.5. The molecule has 1 aromatic carbocycles. The lowest BCUT2D eigenvalue weighted by molar-refractivity contribution is -0.129. The molecular weight excluding hydrogens is 298 g/mol. The molecule has 0 atom stereocenters. The van der Waals surface area contributed by atoms with Gasteiger partial charge in [-0.2, -0.15) is 0 Å². The molecule has 1 aliphatic rings. The molecular formula is C20H24N3O. The number of anilines is 1. The van der Waals surface area contributed by atoms with Crippen LogP contribution in [0.4, 0.5) is 5.69 Å². The first-order chi connectivity index (χ1) is 11.6. The fourth-order valence-electron chi connectivity index (χ4n) is 3.09. The van der Waals surface area contributed by atoms with Crippen LogP contribution in [0, 0.1) is 6.92 Å². The Balaban J connectivity index is 1.55. The van der Waals surface area contributed by atoms with Crippen LogP contribution in [0.25, 0.3) is 0 Å². The summed E-state index contributed by atoms with van der Waals surface area (Å²) in [4.78, 5) is 20.2. The van der Waals surface area contributed by atoms with Gasteiger partial charge in [-0.1, -0.05) is 24.3 Å². The maximum Gasteiger partial charge on any atom is 0.219 e. The fourth-order valence-corrected chi connectivity index (χ4v) is 3.09. The van der Waals surface area contributed by atoms with E-state index >= 15 is 0 Å². The summed E-state index contributed by atoms with van der Waals surface area (Å²) >= 11 is 0. The molecule has 3 rings (SSSR count). The van der Waals surface area contributed by atoms with Crippen molar-refractivity contribution in [1.82, 2.24) is 9.88 Å². The number of hydrogen-bond donors (Lipinski definition) is 0. The Morgan fingerprint density at radius 1 is 1.12 bits per heavy atom. The van der Waals surface area contributed by atoms with Gasteiger partial charge in [0.1, 0.15) is 0 Å². The lowest BCUT2D eigenvalue weighted by Crippen LogP contribution is -2.48. The molecule has 1 fully saturated rings. The number of nitrogens with zero attached hydrogens (tertiary/aromatic N) is 3. The molecule has 0 saturated carbocycles. The van der Waals surface area contributed by atoms with Crippen molar-refractivity contribution in [1.29, 1.82) is 0 Å². The number of aromatic nitrogens is 1. The van der Waals surface area contributed by atoms with Crippen molar-refractivity contribution in [3.63, 3.8) is 0 Å². The van der Waals surface area contributed by atoms with Crippen molar-refractivity contribution in [2.75, 3.05) is 31.1 Å². The number of benzene rings is 1. The van der Waals surface area contributed by atoms with E-state index in [2.05, 4.69) is 47.1 Å². The molecule has 0 unspecified atom stereocenters. The molecule has 1 amide bonds. The van der Waals surface area contributed by atoms with Crippen LogP contribution in [-0.4, -0.2) is 42.0 Å². The van der Waals surface area contributed by atoms with Gasteiger partial charge < -0.3 is 9.80 Å². The summed E-state index contributed by atoms with van der Waals surface area (Å²) in [5, 5.41) is 0. The van der Waals surface area contributed by atoms with Crippen molar-refractivity contribution < 1.29 is 4.79 Å². The maximum atomic E-state index is 11.4. The van der Waals surface area contributed by atoms with E-state index in [1.807, 2.05) is 17.2 Å². The minimum atomic E-state index is 0.162. The molecule has 2 aromatic rings. The zero-order valence-corrected chi connectivity index (χ0v) is 14.2. The number of aryl methyl sites for hydroxylation is 2. The summed E-state index contributed by atoms with van der Waals surface area (Å²) < 4.78 is 0. The van der Waals surface area contributed by atoms with E-state index in [9.17, 15) is 4.79 Å². The molecule has 0 aliphatic carbocycles. The molecule has 125 valence electrons. The molecule has 0 N–H and O–H groups in total. The van der Waals surface area contributed by atoms with Crippen LogP contribution in [-0.2, 0) is 17.6 Å². The summed E-state index contributed by atoms with van der Waals surface area (Å²) in [6.45, 7) is 8.93. The summed E-state index contributed by atoms with van der Waals surface area (Å²) in [5.41, 5.74) is 4.60. The number of amides is 1. The van der Waals surface area contributed by atoms with Gasteiger partial charge in [0.2, 0.25) is 5.91 Å². The van der Waals surface area contributed by atoms with Gasteiger partial charge in [0.15, 0.2) is 0 Å². The predicted octanol–water partition coefficient (Wildman–Crippen LogP) is 2.72. The summed E-state index contributed by atoms with van der Waals surface area (Å²) in [6, 6.07) is 12.6. The van der Waals surface area contributed by atoms with Gasteiger partial charge in [-0.25, -0.2) is 0 Å². The maximum absolute atomic E-state index is 11.4. The lowest BCUT2D eigenvalue weighted by Gasteiger charge is -2.35. The molecule has 2 heterocycles.